The van der Waals surface area contributed by atoms with Gasteiger partial charge in [-0.15, -0.1) is 0 Å². The first-order valence-electron chi connectivity index (χ1n) is 8.35. The largest absolute Gasteiger partial charge is 0.493 e. The van der Waals surface area contributed by atoms with Gasteiger partial charge in [0.1, 0.15) is 6.61 Å². The number of hydrogen-bond donors (Lipinski definition) is 0. The molecule has 2 aromatic carbocycles. The second-order valence-electron chi connectivity index (χ2n) is 5.60. The van der Waals surface area contributed by atoms with E-state index in [0.717, 1.165) is 10.9 Å². The number of benzene rings is 2. The molecule has 0 aliphatic rings. The average molecular weight is 454 g/mol. The second-order valence-corrected chi connectivity index (χ2v) is 6.39. The zero-order chi connectivity index (χ0) is 20.5. The van der Waals surface area contributed by atoms with Gasteiger partial charge in [0, 0.05) is 17.5 Å². The first-order chi connectivity index (χ1) is 13.5. The standard InChI is InChI=1S/C19H20BrNO7/c1-25-16-10-14(19(22)27-9-3-8-20)11-17(18(16)26-2)28-12-13-4-6-15(7-5-13)21(23)24/h4-7,10-11H,3,8-9,12H2,1-2H3. The van der Waals surface area contributed by atoms with Gasteiger partial charge in [-0.2, -0.15) is 0 Å². The molecular weight excluding hydrogens is 434 g/mol. The molecule has 0 heterocycles. The van der Waals surface area contributed by atoms with Crippen LogP contribution in [-0.2, 0) is 11.3 Å². The molecule has 9 heteroatoms. The van der Waals surface area contributed by atoms with Crippen LogP contribution in [0.15, 0.2) is 36.4 Å². The quantitative estimate of drug-likeness (QED) is 0.175. The molecule has 0 radical (unpaired) electrons. The van der Waals surface area contributed by atoms with E-state index in [1.807, 2.05) is 0 Å². The Bertz CT molecular complexity index is 824. The molecule has 0 saturated heterocycles. The number of hydrogen-bond acceptors (Lipinski definition) is 7. The number of carbonyl (C=O) groups excluding carboxylic acids is 1. The predicted octanol–water partition coefficient (Wildman–Crippen LogP) is 4.13. The molecule has 0 saturated carbocycles. The minimum absolute atomic E-state index is 0.00350. The van der Waals surface area contributed by atoms with Crippen LogP contribution in [0.3, 0.4) is 0 Å². The number of carbonyl (C=O) groups is 1. The van der Waals surface area contributed by atoms with E-state index in [0.29, 0.717) is 23.7 Å². The number of alkyl halides is 1. The summed E-state index contributed by atoms with van der Waals surface area (Å²) >= 11 is 3.28. The fourth-order valence-electron chi connectivity index (χ4n) is 2.33. The topological polar surface area (TPSA) is 97.1 Å². The lowest BCUT2D eigenvalue weighted by molar-refractivity contribution is -0.384. The molecule has 0 bridgehead atoms. The third-order valence-electron chi connectivity index (χ3n) is 3.73. The van der Waals surface area contributed by atoms with Crippen molar-refractivity contribution in [3.8, 4) is 17.2 Å². The molecule has 0 spiro atoms. The van der Waals surface area contributed by atoms with Crippen molar-refractivity contribution >= 4 is 27.6 Å². The lowest BCUT2D eigenvalue weighted by atomic mass is 10.1. The van der Waals surface area contributed by atoms with E-state index in [9.17, 15) is 14.9 Å². The van der Waals surface area contributed by atoms with Crippen molar-refractivity contribution in [2.45, 2.75) is 13.0 Å². The number of nitrogens with zero attached hydrogens (tertiary/aromatic N) is 1. The van der Waals surface area contributed by atoms with Crippen LogP contribution in [0.2, 0.25) is 0 Å². The minimum atomic E-state index is -0.498. The molecule has 0 aromatic heterocycles. The summed E-state index contributed by atoms with van der Waals surface area (Å²) in [6.07, 6.45) is 0.697. The highest BCUT2D eigenvalue weighted by Crippen LogP contribution is 2.39. The lowest BCUT2D eigenvalue weighted by Crippen LogP contribution is -2.08. The molecule has 0 amide bonds. The molecule has 0 atom stereocenters. The van der Waals surface area contributed by atoms with Gasteiger partial charge in [-0.05, 0) is 36.2 Å². The van der Waals surface area contributed by atoms with E-state index in [1.54, 1.807) is 12.1 Å². The number of esters is 1. The van der Waals surface area contributed by atoms with E-state index in [2.05, 4.69) is 15.9 Å². The maximum atomic E-state index is 12.3. The van der Waals surface area contributed by atoms with E-state index in [4.69, 9.17) is 18.9 Å². The Labute approximate surface area is 170 Å². The molecule has 2 aromatic rings. The first-order valence-corrected chi connectivity index (χ1v) is 9.47. The SMILES string of the molecule is COc1cc(C(=O)OCCCBr)cc(OCc2ccc([N+](=O)[O-])cc2)c1OC. The van der Waals surface area contributed by atoms with Crippen LogP contribution in [0.25, 0.3) is 0 Å². The molecule has 0 fully saturated rings. The smallest absolute Gasteiger partial charge is 0.338 e. The van der Waals surface area contributed by atoms with Crippen LogP contribution >= 0.6 is 15.9 Å². The van der Waals surface area contributed by atoms with E-state index in [-0.39, 0.29) is 24.5 Å². The number of rotatable bonds is 10. The molecule has 8 nitrogen and oxygen atoms in total. The van der Waals surface area contributed by atoms with Gasteiger partial charge in [-0.3, -0.25) is 10.1 Å². The predicted molar refractivity (Wildman–Crippen MR) is 106 cm³/mol. The van der Waals surface area contributed by atoms with Crippen molar-refractivity contribution in [3.05, 3.63) is 57.6 Å². The van der Waals surface area contributed by atoms with Crippen molar-refractivity contribution in [2.75, 3.05) is 26.2 Å². The fraction of sp³-hybridized carbons (Fsp3) is 0.316. The van der Waals surface area contributed by atoms with E-state index in [1.165, 1.54) is 38.5 Å². The van der Waals surface area contributed by atoms with Crippen LogP contribution in [0.4, 0.5) is 5.69 Å². The van der Waals surface area contributed by atoms with Gasteiger partial charge >= 0.3 is 5.97 Å². The van der Waals surface area contributed by atoms with Gasteiger partial charge in [-0.1, -0.05) is 15.9 Å². The summed E-state index contributed by atoms with van der Waals surface area (Å²) in [5, 5.41) is 11.5. The second kappa shape index (κ2) is 10.5. The Balaban J connectivity index is 2.21. The van der Waals surface area contributed by atoms with Crippen molar-refractivity contribution in [1.82, 2.24) is 0 Å². The number of non-ortho nitro benzene ring substituents is 1. The van der Waals surface area contributed by atoms with Gasteiger partial charge < -0.3 is 18.9 Å². The van der Waals surface area contributed by atoms with Gasteiger partial charge in [0.15, 0.2) is 11.5 Å². The van der Waals surface area contributed by atoms with Gasteiger partial charge in [0.05, 0.1) is 31.3 Å². The van der Waals surface area contributed by atoms with Crippen molar-refractivity contribution in [3.63, 3.8) is 0 Å². The van der Waals surface area contributed by atoms with Crippen LogP contribution in [-0.4, -0.2) is 37.0 Å². The number of ether oxygens (including phenoxy) is 4. The molecule has 0 aliphatic carbocycles. The number of methoxy groups -OCH3 is 2. The Morgan fingerprint density at radius 1 is 1.11 bits per heavy atom. The van der Waals surface area contributed by atoms with Gasteiger partial charge in [0.25, 0.3) is 5.69 Å². The normalized spacial score (nSPS) is 10.2. The van der Waals surface area contributed by atoms with Crippen LogP contribution in [0, 0.1) is 10.1 Å². The van der Waals surface area contributed by atoms with Crippen molar-refractivity contribution < 1.29 is 28.7 Å². The first kappa shape index (κ1) is 21.5. The highest BCUT2D eigenvalue weighted by atomic mass is 79.9. The molecule has 0 N–H and O–H groups in total. The Morgan fingerprint density at radius 3 is 2.36 bits per heavy atom. The number of nitro benzene ring substituents is 1. The van der Waals surface area contributed by atoms with Crippen molar-refractivity contribution in [1.29, 1.82) is 0 Å². The monoisotopic (exact) mass is 453 g/mol. The maximum absolute atomic E-state index is 12.3. The summed E-state index contributed by atoms with van der Waals surface area (Å²) in [5.74, 6) is 0.465. The van der Waals surface area contributed by atoms with Gasteiger partial charge in [-0.25, -0.2) is 4.79 Å². The molecule has 150 valence electrons. The maximum Gasteiger partial charge on any atom is 0.338 e. The summed E-state index contributed by atoms with van der Waals surface area (Å²) in [6, 6.07) is 9.03. The zero-order valence-electron chi connectivity index (χ0n) is 15.5. The molecule has 2 rings (SSSR count). The number of nitro groups is 1. The summed E-state index contributed by atoms with van der Waals surface area (Å²) in [6.45, 7) is 0.414. The van der Waals surface area contributed by atoms with E-state index < -0.39 is 10.9 Å². The minimum Gasteiger partial charge on any atom is -0.493 e. The Hall–Kier alpha value is -2.81. The summed E-state index contributed by atoms with van der Waals surface area (Å²) in [4.78, 5) is 22.5. The van der Waals surface area contributed by atoms with Crippen LogP contribution in [0.1, 0.15) is 22.3 Å². The van der Waals surface area contributed by atoms with Gasteiger partial charge in [0.2, 0.25) is 5.75 Å². The molecule has 0 aliphatic heterocycles. The third-order valence-corrected chi connectivity index (χ3v) is 4.29. The van der Waals surface area contributed by atoms with Crippen molar-refractivity contribution in [2.24, 2.45) is 0 Å². The zero-order valence-corrected chi connectivity index (χ0v) is 17.1. The Kier molecular flexibility index (Phi) is 8.06. The average Bonchev–Trinajstić information content (AvgIpc) is 2.71. The Morgan fingerprint density at radius 2 is 1.79 bits per heavy atom. The van der Waals surface area contributed by atoms with E-state index >= 15 is 0 Å². The molecular formula is C19H20BrNO7. The highest BCUT2D eigenvalue weighted by molar-refractivity contribution is 9.09. The molecule has 0 unspecified atom stereocenters. The van der Waals surface area contributed by atoms with Crippen LogP contribution < -0.4 is 14.2 Å². The van der Waals surface area contributed by atoms with Crippen LogP contribution in [0.5, 0.6) is 17.2 Å². The lowest BCUT2D eigenvalue weighted by Gasteiger charge is -2.15. The fourth-order valence-corrected chi connectivity index (χ4v) is 2.56. The summed E-state index contributed by atoms with van der Waals surface area (Å²) in [7, 11) is 2.92. The highest BCUT2D eigenvalue weighted by Gasteiger charge is 2.18. The summed E-state index contributed by atoms with van der Waals surface area (Å²) in [5.41, 5.74) is 0.985. The summed E-state index contributed by atoms with van der Waals surface area (Å²) < 4.78 is 21.6. The number of halogens is 1. The third kappa shape index (κ3) is 5.59. The molecule has 28 heavy (non-hydrogen) atoms.